The normalized spacial score (nSPS) is 11.3. The van der Waals surface area contributed by atoms with Gasteiger partial charge in [-0.15, -0.1) is 0 Å². The molecule has 0 atom stereocenters. The van der Waals surface area contributed by atoms with Crippen LogP contribution < -0.4 is 24.6 Å². The number of rotatable bonds is 8. The number of nitrogens with zero attached hydrogens (tertiary/aromatic N) is 2. The molecule has 2 rings (SSSR count). The van der Waals surface area contributed by atoms with Crippen molar-refractivity contribution in [2.75, 3.05) is 5.32 Å². The first-order chi connectivity index (χ1) is 14.0. The van der Waals surface area contributed by atoms with Crippen LogP contribution in [0, 0.1) is 0 Å². The summed E-state index contributed by atoms with van der Waals surface area (Å²) < 4.78 is 82.9. The van der Waals surface area contributed by atoms with Crippen molar-refractivity contribution in [1.29, 1.82) is 0 Å². The summed E-state index contributed by atoms with van der Waals surface area (Å²) in [5.74, 6) is -4.73. The Bertz CT molecular complexity index is 1020. The van der Waals surface area contributed by atoms with Crippen molar-refractivity contribution in [2.24, 2.45) is 0 Å². The van der Waals surface area contributed by atoms with E-state index in [1.54, 1.807) is 5.32 Å². The second-order valence-corrected chi connectivity index (χ2v) is 6.62. The Labute approximate surface area is 164 Å². The molecule has 0 saturated carbocycles. The number of carbonyl (C=O) groups excluding carboxylic acids is 2. The number of benzene rings is 1. The van der Waals surface area contributed by atoms with E-state index in [9.17, 15) is 40.7 Å². The fourth-order valence-corrected chi connectivity index (χ4v) is 3.04. The van der Waals surface area contributed by atoms with E-state index in [-0.39, 0.29) is 0 Å². The highest BCUT2D eigenvalue weighted by Gasteiger charge is 2.23. The molecule has 16 heteroatoms. The van der Waals surface area contributed by atoms with Crippen LogP contribution in [0.2, 0.25) is 0 Å². The van der Waals surface area contributed by atoms with Crippen molar-refractivity contribution < 1.29 is 50.1 Å². The number of amides is 2. The monoisotopic (exact) mass is 453 g/mol. The third-order valence-electron chi connectivity index (χ3n) is 2.95. The molecule has 2 N–H and O–H groups in total. The van der Waals surface area contributed by atoms with Gasteiger partial charge in [-0.3, -0.25) is 5.32 Å². The molecule has 0 aliphatic rings. The maximum Gasteiger partial charge on any atom is 0.388 e. The lowest BCUT2D eigenvalue weighted by molar-refractivity contribution is -0.255. The highest BCUT2D eigenvalue weighted by atomic mass is 32.2. The zero-order valence-corrected chi connectivity index (χ0v) is 15.0. The van der Waals surface area contributed by atoms with Gasteiger partial charge in [0, 0.05) is 5.56 Å². The number of carboxylic acid groups (broad SMARTS) is 1. The quantitative estimate of drug-likeness (QED) is 0.544. The number of aromatic carboxylic acids is 1. The number of hydrogen-bond donors (Lipinski definition) is 2. The van der Waals surface area contributed by atoms with Gasteiger partial charge in [0.2, 0.25) is 17.7 Å². The second-order valence-electron chi connectivity index (χ2n) is 4.97. The minimum Gasteiger partial charge on any atom is -0.545 e. The number of urea groups is 1. The summed E-state index contributed by atoms with van der Waals surface area (Å²) in [7, 11) is -4.75. The number of aromatic nitrogens is 2. The Hall–Kier alpha value is -3.69. The van der Waals surface area contributed by atoms with Crippen LogP contribution in [0.4, 0.5) is 28.3 Å². The molecule has 0 saturated heterocycles. The summed E-state index contributed by atoms with van der Waals surface area (Å²) >= 11 is 0. The highest BCUT2D eigenvalue weighted by molar-refractivity contribution is 7.90. The van der Waals surface area contributed by atoms with Crippen LogP contribution in [0.3, 0.4) is 0 Å². The van der Waals surface area contributed by atoms with Gasteiger partial charge in [-0.25, -0.2) is 17.9 Å². The van der Waals surface area contributed by atoms with Crippen molar-refractivity contribution >= 4 is 28.0 Å². The summed E-state index contributed by atoms with van der Waals surface area (Å²) in [6.45, 7) is -6.83. The van der Waals surface area contributed by atoms with Crippen molar-refractivity contribution in [1.82, 2.24) is 14.7 Å². The van der Waals surface area contributed by atoms with Crippen molar-refractivity contribution in [3.05, 3.63) is 35.9 Å². The maximum absolute atomic E-state index is 12.3. The van der Waals surface area contributed by atoms with E-state index in [0.29, 0.717) is 6.07 Å². The Morgan fingerprint density at radius 3 is 2.03 bits per heavy atom. The number of carbonyl (C=O) groups is 2. The van der Waals surface area contributed by atoms with E-state index in [1.165, 1.54) is 16.9 Å². The zero-order valence-electron chi connectivity index (χ0n) is 14.2. The predicted octanol–water partition coefficient (Wildman–Crippen LogP) is 0.553. The van der Waals surface area contributed by atoms with Gasteiger partial charge in [-0.1, -0.05) is 18.2 Å². The third-order valence-corrected chi connectivity index (χ3v) is 4.34. The molecule has 11 nitrogen and oxygen atoms in total. The largest absolute Gasteiger partial charge is 0.545 e. The van der Waals surface area contributed by atoms with Crippen LogP contribution >= 0.6 is 0 Å². The fraction of sp³-hybridized carbons (Fsp3) is 0.143. The molecular formula is C14H9F4N4O7S-. The summed E-state index contributed by atoms with van der Waals surface area (Å²) in [5, 5.41) is 12.7. The second kappa shape index (κ2) is 9.21. The molecule has 30 heavy (non-hydrogen) atoms. The Morgan fingerprint density at radius 2 is 1.53 bits per heavy atom. The molecule has 1 aromatic heterocycles. The minimum absolute atomic E-state index is 0.467. The van der Waals surface area contributed by atoms with E-state index < -0.39 is 63.4 Å². The first-order valence-electron chi connectivity index (χ1n) is 7.41. The Morgan fingerprint density at radius 1 is 1.00 bits per heavy atom. The molecule has 0 fully saturated rings. The minimum atomic E-state index is -4.75. The molecule has 1 heterocycles. The zero-order chi connectivity index (χ0) is 22.5. The summed E-state index contributed by atoms with van der Waals surface area (Å²) in [5.41, 5.74) is -0.756. The molecule has 0 unspecified atom stereocenters. The lowest BCUT2D eigenvalue weighted by Gasteiger charge is -2.13. The average Bonchev–Trinajstić information content (AvgIpc) is 2.59. The van der Waals surface area contributed by atoms with E-state index in [4.69, 9.17) is 0 Å². The summed E-state index contributed by atoms with van der Waals surface area (Å²) in [4.78, 5) is 28.6. The number of carboxylic acids is 1. The van der Waals surface area contributed by atoms with Crippen LogP contribution in [0.25, 0.3) is 0 Å². The summed E-state index contributed by atoms with van der Waals surface area (Å²) in [6.07, 6.45) is 0. The standard InChI is InChI=1S/C14H10F4N4O7S/c15-11(16)28-8-5-9(29-12(17)18)20-13(19-8)21-14(25)22-30(26,27)7-4-2-1-3-6(7)10(23)24/h1-5,11-12H,(H,23,24)(H2,19,20,21,22,25)/p-1. The molecule has 162 valence electrons. The SMILES string of the molecule is O=C(Nc1nc(OC(F)F)cc(OC(F)F)n1)NS(=O)(=O)c1ccccc1C(=O)[O-]. The maximum atomic E-state index is 12.3. The van der Waals surface area contributed by atoms with Crippen LogP contribution in [-0.4, -0.2) is 43.6 Å². The van der Waals surface area contributed by atoms with Gasteiger partial charge in [-0.05, 0) is 6.07 Å². The van der Waals surface area contributed by atoms with E-state index in [2.05, 4.69) is 19.4 Å². The number of alkyl halides is 4. The molecule has 0 radical (unpaired) electrons. The molecule has 0 aliphatic carbocycles. The summed E-state index contributed by atoms with van der Waals surface area (Å²) in [6, 6.07) is 3.03. The van der Waals surface area contributed by atoms with Crippen LogP contribution in [0.5, 0.6) is 11.8 Å². The predicted molar refractivity (Wildman–Crippen MR) is 85.4 cm³/mol. The Kier molecular flexibility index (Phi) is 6.93. The van der Waals surface area contributed by atoms with E-state index in [1.807, 2.05) is 0 Å². The number of nitrogens with one attached hydrogen (secondary N) is 2. The lowest BCUT2D eigenvalue weighted by Crippen LogP contribution is -2.36. The fourth-order valence-electron chi connectivity index (χ4n) is 1.94. The molecular weight excluding hydrogens is 444 g/mol. The molecule has 2 amide bonds. The van der Waals surface area contributed by atoms with Crippen LogP contribution in [0.15, 0.2) is 35.2 Å². The first-order valence-corrected chi connectivity index (χ1v) is 8.89. The molecule has 0 aliphatic heterocycles. The third kappa shape index (κ3) is 6.16. The average molecular weight is 453 g/mol. The number of halogens is 4. The van der Waals surface area contributed by atoms with Crippen LogP contribution in [0.1, 0.15) is 10.4 Å². The van der Waals surface area contributed by atoms with Crippen molar-refractivity contribution in [3.63, 3.8) is 0 Å². The first kappa shape index (κ1) is 22.6. The molecule has 2 aromatic rings. The smallest absolute Gasteiger partial charge is 0.388 e. The van der Waals surface area contributed by atoms with Crippen LogP contribution in [-0.2, 0) is 10.0 Å². The van der Waals surface area contributed by atoms with Gasteiger partial charge < -0.3 is 19.4 Å². The van der Waals surface area contributed by atoms with Gasteiger partial charge in [0.1, 0.15) is 0 Å². The number of hydrogen-bond acceptors (Lipinski definition) is 9. The number of anilines is 1. The van der Waals surface area contributed by atoms with Gasteiger partial charge in [0.05, 0.1) is 16.9 Å². The van der Waals surface area contributed by atoms with Crippen molar-refractivity contribution in [2.45, 2.75) is 18.1 Å². The van der Waals surface area contributed by atoms with Gasteiger partial charge in [0.25, 0.3) is 10.0 Å². The highest BCUT2D eigenvalue weighted by Crippen LogP contribution is 2.21. The Balaban J connectivity index is 2.26. The molecule has 0 spiro atoms. The number of ether oxygens (including phenoxy) is 2. The molecule has 0 bridgehead atoms. The van der Waals surface area contributed by atoms with E-state index >= 15 is 0 Å². The number of sulfonamides is 1. The topological polar surface area (TPSA) is 160 Å². The lowest BCUT2D eigenvalue weighted by atomic mass is 10.2. The van der Waals surface area contributed by atoms with Gasteiger partial charge >= 0.3 is 19.3 Å². The van der Waals surface area contributed by atoms with Crippen molar-refractivity contribution in [3.8, 4) is 11.8 Å². The van der Waals surface area contributed by atoms with Gasteiger partial charge in [-0.2, -0.15) is 27.5 Å². The van der Waals surface area contributed by atoms with E-state index in [0.717, 1.165) is 12.1 Å². The van der Waals surface area contributed by atoms with Gasteiger partial charge in [0.15, 0.2) is 0 Å². The molecule has 1 aromatic carbocycles.